The Kier molecular flexibility index (Phi) is 11.4. The topological polar surface area (TPSA) is 212 Å². The van der Waals surface area contributed by atoms with Crippen molar-refractivity contribution in [3.8, 4) is 80.2 Å². The molecule has 0 aliphatic heterocycles. The summed E-state index contributed by atoms with van der Waals surface area (Å²) in [7, 11) is 0. The zero-order valence-corrected chi connectivity index (χ0v) is 43.1. The van der Waals surface area contributed by atoms with Crippen molar-refractivity contribution in [2.75, 3.05) is 0 Å². The summed E-state index contributed by atoms with van der Waals surface area (Å²) in [6, 6.07) is 34.4. The third-order valence-electron chi connectivity index (χ3n) is 13.4. The molecule has 78 heavy (non-hydrogen) atoms. The van der Waals surface area contributed by atoms with E-state index in [2.05, 4.69) is 26.0 Å². The minimum absolute atomic E-state index is 0.0807. The molecule has 0 amide bonds. The van der Waals surface area contributed by atoms with Gasteiger partial charge in [0.1, 0.15) is 58.2 Å². The van der Waals surface area contributed by atoms with E-state index in [1.54, 1.807) is 67.5 Å². The molecule has 0 radical (unpaired) electrons. The summed E-state index contributed by atoms with van der Waals surface area (Å²) in [5.41, 5.74) is 4.93. The highest BCUT2D eigenvalue weighted by Gasteiger charge is 2.32. The number of nitrogens with zero attached hydrogens (tertiary/aromatic N) is 16. The molecule has 0 spiro atoms. The van der Waals surface area contributed by atoms with E-state index in [4.69, 9.17) is 39.9 Å². The van der Waals surface area contributed by atoms with Gasteiger partial charge in [-0.1, -0.05) is 48.5 Å². The Hall–Kier alpha value is -10.3. The van der Waals surface area contributed by atoms with Crippen molar-refractivity contribution in [1.82, 2.24) is 68.9 Å². The summed E-state index contributed by atoms with van der Waals surface area (Å²) in [5, 5.41) is 25.4. The zero-order chi connectivity index (χ0) is 54.5. The van der Waals surface area contributed by atoms with Gasteiger partial charge >= 0.3 is 6.18 Å². The van der Waals surface area contributed by atoms with Crippen molar-refractivity contribution in [3.63, 3.8) is 0 Å². The summed E-state index contributed by atoms with van der Waals surface area (Å²) < 4.78 is 48.6. The first kappa shape index (κ1) is 48.7. The third-order valence-corrected chi connectivity index (χ3v) is 13.4. The molecule has 0 atom stereocenters. The van der Waals surface area contributed by atoms with Gasteiger partial charge in [-0.2, -0.15) is 23.7 Å². The lowest BCUT2D eigenvalue weighted by molar-refractivity contribution is -0.137. The molecule has 16 nitrogen and oxygen atoms in total. The molecular formula is C59H41F3N16. The Morgan fingerprint density at radius 3 is 0.910 bits per heavy atom. The Labute approximate surface area is 442 Å². The van der Waals surface area contributed by atoms with Crippen LogP contribution in [0.1, 0.15) is 63.3 Å². The van der Waals surface area contributed by atoms with Crippen molar-refractivity contribution in [1.29, 1.82) is 10.5 Å². The van der Waals surface area contributed by atoms with Crippen LogP contribution < -0.4 is 0 Å². The number of hydrogen-bond donors (Lipinski definition) is 0. The number of fused-ring (bicyclic) bond motifs is 6. The minimum atomic E-state index is -4.81. The van der Waals surface area contributed by atoms with E-state index >= 15 is 0 Å². The molecular weight excluding hydrogens is 990 g/mol. The third kappa shape index (κ3) is 8.53. The van der Waals surface area contributed by atoms with Gasteiger partial charge in [0.25, 0.3) is 0 Å². The van der Waals surface area contributed by atoms with Crippen LogP contribution in [0, 0.1) is 78.1 Å². The molecule has 0 aliphatic carbocycles. The number of aryl methyl sites for hydroxylation is 8. The highest BCUT2D eigenvalue weighted by molar-refractivity contribution is 6.13. The predicted octanol–water partition coefficient (Wildman–Crippen LogP) is 12.2. The fourth-order valence-corrected chi connectivity index (χ4v) is 10.4. The van der Waals surface area contributed by atoms with Crippen molar-refractivity contribution in [3.05, 3.63) is 166 Å². The van der Waals surface area contributed by atoms with Gasteiger partial charge in [0.05, 0.1) is 50.6 Å². The van der Waals surface area contributed by atoms with Gasteiger partial charge in [-0.15, -0.1) is 0 Å². The lowest BCUT2D eigenvalue weighted by atomic mass is 9.96. The number of rotatable bonds is 7. The fraction of sp³-hybridized carbons (Fsp3) is 0.153. The smallest absolute Gasteiger partial charge is 0.308 e. The highest BCUT2D eigenvalue weighted by Crippen LogP contribution is 2.44. The second-order valence-corrected chi connectivity index (χ2v) is 19.0. The number of halogens is 3. The molecule has 0 bridgehead atoms. The molecule has 0 saturated heterocycles. The molecule has 378 valence electrons. The van der Waals surface area contributed by atoms with Crippen LogP contribution in [0.15, 0.2) is 103 Å². The number of aromatic nitrogens is 14. The lowest BCUT2D eigenvalue weighted by Crippen LogP contribution is -2.07. The van der Waals surface area contributed by atoms with Crippen LogP contribution in [0.2, 0.25) is 0 Å². The van der Waals surface area contributed by atoms with Crippen LogP contribution in [-0.4, -0.2) is 68.9 Å². The number of alkyl halides is 3. The van der Waals surface area contributed by atoms with Gasteiger partial charge < -0.3 is 9.13 Å². The Morgan fingerprint density at radius 2 is 0.641 bits per heavy atom. The Balaban J connectivity index is 1.26. The SMILES string of the molecule is Cc1nc(C)nc(-c2ccc3c4ccc(-c5nc(C)nc(C)n5)cc4n(-c4cc(-c5cc(C#N)cc(C(F)(F)F)c5)cc(-n5c6cc(-c7nc(C)nc(C)n7)ccc6c6ccc(-c7nc(C)nc(C)n7)cc65)c4C#N)c3c2)n1. The maximum atomic E-state index is 14.9. The van der Waals surface area contributed by atoms with Crippen LogP contribution in [0.25, 0.3) is 112 Å². The molecule has 12 rings (SSSR count). The van der Waals surface area contributed by atoms with E-state index in [1.807, 2.05) is 88.0 Å². The maximum absolute atomic E-state index is 14.9. The molecule has 6 heterocycles. The largest absolute Gasteiger partial charge is 0.416 e. The minimum Gasteiger partial charge on any atom is -0.308 e. The molecule has 0 aliphatic rings. The first-order valence-corrected chi connectivity index (χ1v) is 24.6. The lowest BCUT2D eigenvalue weighted by Gasteiger charge is -2.19. The highest BCUT2D eigenvalue weighted by atomic mass is 19.4. The average molecular weight is 1030 g/mol. The summed E-state index contributed by atoms with van der Waals surface area (Å²) in [4.78, 5) is 55.2. The van der Waals surface area contributed by atoms with Crippen LogP contribution in [-0.2, 0) is 6.18 Å². The number of benzene rings is 6. The molecule has 0 unspecified atom stereocenters. The van der Waals surface area contributed by atoms with Gasteiger partial charge in [-0.3, -0.25) is 0 Å². The van der Waals surface area contributed by atoms with E-state index in [9.17, 15) is 23.7 Å². The van der Waals surface area contributed by atoms with Gasteiger partial charge in [0.15, 0.2) is 23.3 Å². The first-order valence-electron chi connectivity index (χ1n) is 24.6. The van der Waals surface area contributed by atoms with E-state index < -0.39 is 11.7 Å². The quantitative estimate of drug-likeness (QED) is 0.145. The average Bonchev–Trinajstić information content (AvgIpc) is 3.99. The monoisotopic (exact) mass is 1030 g/mol. The molecule has 0 saturated carbocycles. The van der Waals surface area contributed by atoms with Crippen LogP contribution in [0.3, 0.4) is 0 Å². The summed E-state index contributed by atoms with van der Waals surface area (Å²) >= 11 is 0. The van der Waals surface area contributed by atoms with Gasteiger partial charge in [0.2, 0.25) is 0 Å². The second-order valence-electron chi connectivity index (χ2n) is 19.0. The van der Waals surface area contributed by atoms with E-state index in [0.717, 1.165) is 33.7 Å². The number of nitriles is 2. The number of hydrogen-bond acceptors (Lipinski definition) is 14. The van der Waals surface area contributed by atoms with Crippen molar-refractivity contribution >= 4 is 43.6 Å². The zero-order valence-electron chi connectivity index (χ0n) is 43.1. The van der Waals surface area contributed by atoms with Crippen molar-refractivity contribution < 1.29 is 13.2 Å². The standard InChI is InChI=1S/C59H41F3N16/c1-28-65-29(2)70-55(69-28)37-9-13-44-45-14-10-38(56-71-30(3)66-31(4)72-56)21-50(45)77(49(44)20-37)53-24-42(41-17-36(26-63)18-43(19-41)59(60,61)62)25-54(48(53)27-64)78-51-22-39(57-73-32(5)67-33(6)74-57)11-15-46(51)47-16-12-40(23-52(47)78)58-75-34(7)68-35(8)76-58/h9-25H,1-8H3. The van der Waals surface area contributed by atoms with Crippen LogP contribution in [0.5, 0.6) is 0 Å². The maximum Gasteiger partial charge on any atom is 0.416 e. The summed E-state index contributed by atoms with van der Waals surface area (Å²) in [6.07, 6.45) is -4.81. The van der Waals surface area contributed by atoms with E-state index in [-0.39, 0.29) is 22.3 Å². The molecule has 0 N–H and O–H groups in total. The van der Waals surface area contributed by atoms with E-state index in [1.165, 1.54) is 6.07 Å². The molecule has 12 aromatic rings. The van der Waals surface area contributed by atoms with Gasteiger partial charge in [-0.25, -0.2) is 59.8 Å². The normalized spacial score (nSPS) is 11.8. The second kappa shape index (κ2) is 18.2. The Morgan fingerprint density at radius 1 is 0.346 bits per heavy atom. The molecule has 6 aromatic heterocycles. The molecule has 0 fully saturated rings. The van der Waals surface area contributed by atoms with Gasteiger partial charge in [-0.05, 0) is 121 Å². The Bertz CT molecular complexity index is 4090. The van der Waals surface area contributed by atoms with E-state index in [0.29, 0.717) is 126 Å². The van der Waals surface area contributed by atoms with Crippen molar-refractivity contribution in [2.24, 2.45) is 0 Å². The predicted molar refractivity (Wildman–Crippen MR) is 288 cm³/mol. The fourth-order valence-electron chi connectivity index (χ4n) is 10.4. The van der Waals surface area contributed by atoms with Gasteiger partial charge in [0, 0.05) is 43.8 Å². The van der Waals surface area contributed by atoms with Crippen LogP contribution >= 0.6 is 0 Å². The van der Waals surface area contributed by atoms with Crippen molar-refractivity contribution in [2.45, 2.75) is 61.6 Å². The summed E-state index contributed by atoms with van der Waals surface area (Å²) in [6.45, 7) is 14.3. The molecule has 19 heteroatoms. The first-order chi connectivity index (χ1) is 37.4. The summed E-state index contributed by atoms with van der Waals surface area (Å²) in [5.74, 6) is 5.84. The molecule has 6 aromatic carbocycles. The van der Waals surface area contributed by atoms with Crippen LogP contribution in [0.4, 0.5) is 13.2 Å².